The van der Waals surface area contributed by atoms with Crippen molar-refractivity contribution in [2.45, 2.75) is 6.54 Å². The summed E-state index contributed by atoms with van der Waals surface area (Å²) >= 11 is 0. The zero-order chi connectivity index (χ0) is 16.1. The first-order valence-corrected chi connectivity index (χ1v) is 6.79. The van der Waals surface area contributed by atoms with Crippen molar-refractivity contribution >= 4 is 17.5 Å². The number of nitrogens with one attached hydrogen (secondary N) is 2. The number of anilines is 1. The largest absolute Gasteiger partial charge is 0.467 e. The van der Waals surface area contributed by atoms with Crippen LogP contribution in [0.3, 0.4) is 0 Å². The summed E-state index contributed by atoms with van der Waals surface area (Å²) in [5, 5.41) is 12.5. The van der Waals surface area contributed by atoms with Crippen LogP contribution in [0.4, 0.5) is 5.69 Å². The molecule has 2 N–H and O–H groups in total. The highest BCUT2D eigenvalue weighted by molar-refractivity contribution is 6.39. The van der Waals surface area contributed by atoms with Crippen molar-refractivity contribution < 1.29 is 14.0 Å². The van der Waals surface area contributed by atoms with Crippen LogP contribution in [-0.2, 0) is 16.1 Å². The lowest BCUT2D eigenvalue weighted by molar-refractivity contribution is -0.136. The van der Waals surface area contributed by atoms with E-state index in [9.17, 15) is 9.59 Å². The minimum absolute atomic E-state index is 0.153. The second kappa shape index (κ2) is 6.56. The number of carbonyl (C=O) groups excluding carboxylic acids is 2. The van der Waals surface area contributed by atoms with E-state index >= 15 is 0 Å². The van der Waals surface area contributed by atoms with Crippen LogP contribution in [0, 0.1) is 0 Å². The van der Waals surface area contributed by atoms with E-state index in [0.29, 0.717) is 11.4 Å². The molecule has 8 heteroatoms. The van der Waals surface area contributed by atoms with Crippen LogP contribution in [0.1, 0.15) is 5.76 Å². The van der Waals surface area contributed by atoms with Gasteiger partial charge in [0, 0.05) is 5.69 Å². The number of benzene rings is 1. The summed E-state index contributed by atoms with van der Waals surface area (Å²) in [4.78, 5) is 23.7. The van der Waals surface area contributed by atoms with Crippen molar-refractivity contribution in [2.24, 2.45) is 0 Å². The average molecular weight is 311 g/mol. The van der Waals surface area contributed by atoms with Gasteiger partial charge in [0.15, 0.2) is 0 Å². The summed E-state index contributed by atoms with van der Waals surface area (Å²) in [6, 6.07) is 10.4. The van der Waals surface area contributed by atoms with E-state index < -0.39 is 11.8 Å². The standard InChI is InChI=1S/C15H13N5O3/c21-14(16-8-13-5-2-6-23-13)15(22)19-11-3-1-4-12(7-11)20-9-17-18-10-20/h1-7,9-10H,8H2,(H,16,21)(H,19,22). The molecule has 0 spiro atoms. The predicted octanol–water partition coefficient (Wildman–Crippen LogP) is 1.12. The van der Waals surface area contributed by atoms with Gasteiger partial charge in [-0.3, -0.25) is 14.2 Å². The van der Waals surface area contributed by atoms with Crippen LogP contribution in [0.5, 0.6) is 0 Å². The van der Waals surface area contributed by atoms with Crippen LogP contribution in [-0.4, -0.2) is 26.6 Å². The Morgan fingerprint density at radius 1 is 1.09 bits per heavy atom. The topological polar surface area (TPSA) is 102 Å². The number of hydrogen-bond acceptors (Lipinski definition) is 5. The SMILES string of the molecule is O=C(NCc1ccco1)C(=O)Nc1cccc(-n2cnnc2)c1. The fourth-order valence-electron chi connectivity index (χ4n) is 1.93. The molecular weight excluding hydrogens is 298 g/mol. The number of aromatic nitrogens is 3. The number of nitrogens with zero attached hydrogens (tertiary/aromatic N) is 3. The lowest BCUT2D eigenvalue weighted by Gasteiger charge is -2.07. The molecule has 0 saturated heterocycles. The summed E-state index contributed by atoms with van der Waals surface area (Å²) in [5.74, 6) is -0.922. The fraction of sp³-hybridized carbons (Fsp3) is 0.0667. The van der Waals surface area contributed by atoms with Crippen LogP contribution in [0.15, 0.2) is 59.7 Å². The van der Waals surface area contributed by atoms with Crippen molar-refractivity contribution in [2.75, 3.05) is 5.32 Å². The average Bonchev–Trinajstić information content (AvgIpc) is 3.26. The number of furan rings is 1. The first-order chi connectivity index (χ1) is 11.2. The summed E-state index contributed by atoms with van der Waals surface area (Å²) in [6.45, 7) is 0.153. The van der Waals surface area contributed by atoms with Gasteiger partial charge in [-0.1, -0.05) is 6.07 Å². The highest BCUT2D eigenvalue weighted by atomic mass is 16.3. The maximum absolute atomic E-state index is 11.9. The van der Waals surface area contributed by atoms with E-state index in [1.165, 1.54) is 18.9 Å². The van der Waals surface area contributed by atoms with E-state index in [1.54, 1.807) is 34.9 Å². The third-order valence-electron chi connectivity index (χ3n) is 3.03. The highest BCUT2D eigenvalue weighted by Crippen LogP contribution is 2.13. The molecule has 0 aliphatic carbocycles. The van der Waals surface area contributed by atoms with Gasteiger partial charge in [0.05, 0.1) is 18.5 Å². The first-order valence-electron chi connectivity index (χ1n) is 6.79. The monoisotopic (exact) mass is 311 g/mol. The molecule has 2 heterocycles. The molecule has 0 radical (unpaired) electrons. The fourth-order valence-corrected chi connectivity index (χ4v) is 1.93. The maximum atomic E-state index is 11.9. The van der Waals surface area contributed by atoms with Crippen molar-refractivity contribution in [3.63, 3.8) is 0 Å². The van der Waals surface area contributed by atoms with Crippen LogP contribution in [0.25, 0.3) is 5.69 Å². The van der Waals surface area contributed by atoms with Gasteiger partial charge in [-0.2, -0.15) is 0 Å². The Labute approximate surface area is 131 Å². The smallest absolute Gasteiger partial charge is 0.313 e. The summed E-state index contributed by atoms with van der Waals surface area (Å²) in [5.41, 5.74) is 1.26. The minimum atomic E-state index is -0.752. The molecule has 2 amide bonds. The van der Waals surface area contributed by atoms with Crippen molar-refractivity contribution in [1.82, 2.24) is 20.1 Å². The van der Waals surface area contributed by atoms with Crippen molar-refractivity contribution in [3.05, 3.63) is 61.1 Å². The molecule has 23 heavy (non-hydrogen) atoms. The molecule has 116 valence electrons. The van der Waals surface area contributed by atoms with E-state index in [0.717, 1.165) is 5.69 Å². The third-order valence-corrected chi connectivity index (χ3v) is 3.03. The summed E-state index contributed by atoms with van der Waals surface area (Å²) in [6.07, 6.45) is 4.58. The van der Waals surface area contributed by atoms with Gasteiger partial charge < -0.3 is 15.1 Å². The van der Waals surface area contributed by atoms with Crippen molar-refractivity contribution in [3.8, 4) is 5.69 Å². The molecule has 0 atom stereocenters. The van der Waals surface area contributed by atoms with Crippen LogP contribution in [0.2, 0.25) is 0 Å². The van der Waals surface area contributed by atoms with E-state index in [1.807, 2.05) is 6.07 Å². The van der Waals surface area contributed by atoms with E-state index in [2.05, 4.69) is 20.8 Å². The molecule has 1 aromatic carbocycles. The van der Waals surface area contributed by atoms with Gasteiger partial charge >= 0.3 is 11.8 Å². The Balaban J connectivity index is 1.61. The molecule has 8 nitrogen and oxygen atoms in total. The third kappa shape index (κ3) is 3.62. The van der Waals surface area contributed by atoms with Gasteiger partial charge in [0.2, 0.25) is 0 Å². The van der Waals surface area contributed by atoms with E-state index in [-0.39, 0.29) is 6.54 Å². The molecular formula is C15H13N5O3. The van der Waals surface area contributed by atoms with Gasteiger partial charge in [-0.05, 0) is 30.3 Å². The van der Waals surface area contributed by atoms with Crippen LogP contribution >= 0.6 is 0 Å². The lowest BCUT2D eigenvalue weighted by atomic mass is 10.2. The predicted molar refractivity (Wildman–Crippen MR) is 80.5 cm³/mol. The highest BCUT2D eigenvalue weighted by Gasteiger charge is 2.14. The second-order valence-corrected chi connectivity index (χ2v) is 4.64. The Morgan fingerprint density at radius 2 is 1.91 bits per heavy atom. The zero-order valence-electron chi connectivity index (χ0n) is 12.0. The van der Waals surface area contributed by atoms with E-state index in [4.69, 9.17) is 4.42 Å². The number of rotatable bonds is 4. The zero-order valence-corrected chi connectivity index (χ0v) is 12.0. The summed E-state index contributed by atoms with van der Waals surface area (Å²) < 4.78 is 6.77. The van der Waals surface area contributed by atoms with Gasteiger partial charge in [-0.25, -0.2) is 0 Å². The van der Waals surface area contributed by atoms with Gasteiger partial charge in [0.25, 0.3) is 0 Å². The number of hydrogen-bond donors (Lipinski definition) is 2. The molecule has 3 rings (SSSR count). The quantitative estimate of drug-likeness (QED) is 0.703. The first kappa shape index (κ1) is 14.5. The molecule has 2 aromatic heterocycles. The molecule has 0 aliphatic rings. The normalized spacial score (nSPS) is 10.3. The molecule has 0 aliphatic heterocycles. The molecule has 3 aromatic rings. The van der Waals surface area contributed by atoms with Gasteiger partial charge in [-0.15, -0.1) is 10.2 Å². The number of amides is 2. The lowest BCUT2D eigenvalue weighted by Crippen LogP contribution is -2.34. The van der Waals surface area contributed by atoms with Gasteiger partial charge in [0.1, 0.15) is 18.4 Å². The molecule has 0 fully saturated rings. The Hall–Kier alpha value is -3.42. The second-order valence-electron chi connectivity index (χ2n) is 4.64. The number of carbonyl (C=O) groups is 2. The van der Waals surface area contributed by atoms with Crippen molar-refractivity contribution in [1.29, 1.82) is 0 Å². The Bertz CT molecular complexity index is 796. The summed E-state index contributed by atoms with van der Waals surface area (Å²) in [7, 11) is 0. The molecule has 0 bridgehead atoms. The maximum Gasteiger partial charge on any atom is 0.313 e. The molecule has 0 unspecified atom stereocenters. The minimum Gasteiger partial charge on any atom is -0.467 e. The Kier molecular flexibility index (Phi) is 4.14. The molecule has 0 saturated carbocycles. The van der Waals surface area contributed by atoms with Crippen LogP contribution < -0.4 is 10.6 Å². The Morgan fingerprint density at radius 3 is 2.65 bits per heavy atom.